The molecule has 0 rings (SSSR count). The van der Waals surface area contributed by atoms with Gasteiger partial charge >= 0.3 is 6.09 Å². The molecule has 90 valence electrons. The van der Waals surface area contributed by atoms with Gasteiger partial charge in [0.1, 0.15) is 22.4 Å². The summed E-state index contributed by atoms with van der Waals surface area (Å²) >= 11 is 0. The minimum absolute atomic E-state index is 0.319. The molecular weight excluding hydrogens is 238 g/mol. The highest BCUT2D eigenvalue weighted by atomic mass is 32.2. The van der Waals surface area contributed by atoms with Crippen LogP contribution in [0.2, 0.25) is 0 Å². The summed E-state index contributed by atoms with van der Waals surface area (Å²) in [5.41, 5.74) is 0. The average molecular weight is 249 g/mol. The third kappa shape index (κ3) is 6.61. The second kappa shape index (κ2) is 5.92. The summed E-state index contributed by atoms with van der Waals surface area (Å²) in [6, 6.07) is 0.197. The van der Waals surface area contributed by atoms with Crippen LogP contribution in [0.1, 0.15) is 0 Å². The highest BCUT2D eigenvalue weighted by molar-refractivity contribution is 7.90. The van der Waals surface area contributed by atoms with Gasteiger partial charge in [-0.1, -0.05) is 0 Å². The van der Waals surface area contributed by atoms with Crippen molar-refractivity contribution < 1.29 is 23.1 Å². The molecule has 8 nitrogen and oxygen atoms in total. The Bertz CT molecular complexity index is 410. The van der Waals surface area contributed by atoms with E-state index < -0.39 is 33.6 Å². The van der Waals surface area contributed by atoms with Crippen molar-refractivity contribution in [1.29, 1.82) is 5.26 Å². The van der Waals surface area contributed by atoms with Crippen molar-refractivity contribution in [1.82, 2.24) is 10.6 Å². The summed E-state index contributed by atoms with van der Waals surface area (Å²) in [5.74, 6) is -1.51. The Kier molecular flexibility index (Phi) is 5.24. The van der Waals surface area contributed by atoms with E-state index in [1.165, 1.54) is 0 Å². The summed E-state index contributed by atoms with van der Waals surface area (Å²) < 4.78 is 21.8. The molecule has 0 aromatic heterocycles. The first kappa shape index (κ1) is 14.2. The fraction of sp³-hybridized carbons (Fsp3) is 0.571. The molecule has 0 heterocycles. The van der Waals surface area contributed by atoms with Gasteiger partial charge in [-0.2, -0.15) is 5.26 Å². The molecule has 0 aliphatic heterocycles. The first-order valence-electron chi connectivity index (χ1n) is 4.08. The molecule has 2 amide bonds. The number of nitrogens with one attached hydrogen (secondary N) is 2. The Morgan fingerprint density at radius 2 is 2.06 bits per heavy atom. The fourth-order valence-corrected chi connectivity index (χ4v) is 1.72. The number of carbonyl (C=O) groups is 2. The van der Waals surface area contributed by atoms with E-state index in [0.717, 1.165) is 6.26 Å². The number of nitriles is 1. The van der Waals surface area contributed by atoms with Crippen LogP contribution < -0.4 is 10.6 Å². The van der Waals surface area contributed by atoms with Gasteiger partial charge in [-0.3, -0.25) is 4.79 Å². The van der Waals surface area contributed by atoms with Crippen molar-refractivity contribution in [2.45, 2.75) is 6.04 Å². The van der Waals surface area contributed by atoms with Crippen LogP contribution in [0, 0.1) is 11.3 Å². The van der Waals surface area contributed by atoms with E-state index in [2.05, 4.69) is 5.32 Å². The number of sulfone groups is 1. The van der Waals surface area contributed by atoms with Crippen molar-refractivity contribution in [3.63, 3.8) is 0 Å². The summed E-state index contributed by atoms with van der Waals surface area (Å²) in [7, 11) is -3.51. The quantitative estimate of drug-likeness (QED) is 0.497. The van der Waals surface area contributed by atoms with Crippen LogP contribution >= 0.6 is 0 Å². The van der Waals surface area contributed by atoms with Gasteiger partial charge in [0, 0.05) is 6.26 Å². The molecule has 1 unspecified atom stereocenters. The van der Waals surface area contributed by atoms with Crippen molar-refractivity contribution in [2.75, 3.05) is 18.6 Å². The summed E-state index contributed by atoms with van der Waals surface area (Å²) in [6.45, 7) is -0.319. The minimum Gasteiger partial charge on any atom is -0.465 e. The van der Waals surface area contributed by atoms with Crippen molar-refractivity contribution in [3.8, 4) is 6.07 Å². The first-order chi connectivity index (χ1) is 7.26. The summed E-state index contributed by atoms with van der Waals surface area (Å²) in [4.78, 5) is 21.6. The lowest BCUT2D eigenvalue weighted by Crippen LogP contribution is -2.50. The number of carboxylic acid groups (broad SMARTS) is 1. The fourth-order valence-electron chi connectivity index (χ4n) is 0.885. The first-order valence-corrected chi connectivity index (χ1v) is 6.14. The van der Waals surface area contributed by atoms with Crippen LogP contribution in [0.5, 0.6) is 0 Å². The maximum Gasteiger partial charge on any atom is 0.405 e. The predicted octanol–water partition coefficient (Wildman–Crippen LogP) is -1.69. The zero-order chi connectivity index (χ0) is 12.8. The lowest BCUT2D eigenvalue weighted by Gasteiger charge is -2.14. The normalized spacial score (nSPS) is 12.2. The zero-order valence-corrected chi connectivity index (χ0v) is 9.24. The zero-order valence-electron chi connectivity index (χ0n) is 8.43. The molecule has 1 atom stereocenters. The van der Waals surface area contributed by atoms with Crippen molar-refractivity contribution in [2.24, 2.45) is 0 Å². The highest BCUT2D eigenvalue weighted by Crippen LogP contribution is 1.92. The second-order valence-electron chi connectivity index (χ2n) is 2.97. The molecule has 0 aliphatic carbocycles. The van der Waals surface area contributed by atoms with Gasteiger partial charge in [0.25, 0.3) is 0 Å². The largest absolute Gasteiger partial charge is 0.465 e. The Labute approximate surface area is 92.2 Å². The van der Waals surface area contributed by atoms with Crippen molar-refractivity contribution >= 4 is 21.8 Å². The van der Waals surface area contributed by atoms with E-state index in [1.54, 1.807) is 11.4 Å². The smallest absolute Gasteiger partial charge is 0.405 e. The molecule has 0 fully saturated rings. The Morgan fingerprint density at radius 1 is 1.50 bits per heavy atom. The standard InChI is InChI=1S/C7H11N3O5S/c1-16(14,15)4-5(10-7(12)13)6(11)9-3-2-8/h5,10H,3-4H2,1H3,(H,9,11)(H,12,13). The van der Waals surface area contributed by atoms with Crippen LogP contribution in [0.25, 0.3) is 0 Å². The van der Waals surface area contributed by atoms with Crippen LogP contribution in [-0.2, 0) is 14.6 Å². The van der Waals surface area contributed by atoms with Gasteiger partial charge in [0.15, 0.2) is 0 Å². The number of nitrogens with zero attached hydrogens (tertiary/aromatic N) is 1. The average Bonchev–Trinajstić information content (AvgIpc) is 2.10. The highest BCUT2D eigenvalue weighted by Gasteiger charge is 2.24. The lowest BCUT2D eigenvalue weighted by atomic mass is 10.3. The maximum absolute atomic E-state index is 11.3. The topological polar surface area (TPSA) is 136 Å². The SMILES string of the molecule is CS(=O)(=O)CC(NC(=O)O)C(=O)NCC#N. The van der Waals surface area contributed by atoms with Gasteiger partial charge in [-0.25, -0.2) is 13.2 Å². The molecule has 0 saturated carbocycles. The van der Waals surface area contributed by atoms with Crippen LogP contribution in [0.4, 0.5) is 4.79 Å². The van der Waals surface area contributed by atoms with E-state index in [1.807, 2.05) is 0 Å². The molecule has 0 saturated heterocycles. The predicted molar refractivity (Wildman–Crippen MR) is 53.3 cm³/mol. The molecule has 0 spiro atoms. The molecule has 0 aliphatic rings. The van der Waals surface area contributed by atoms with E-state index in [-0.39, 0.29) is 6.54 Å². The molecular formula is C7H11N3O5S. The van der Waals surface area contributed by atoms with E-state index in [4.69, 9.17) is 10.4 Å². The summed E-state index contributed by atoms with van der Waals surface area (Å²) in [5, 5.41) is 20.4. The number of hydrogen-bond acceptors (Lipinski definition) is 5. The molecule has 0 bridgehead atoms. The minimum atomic E-state index is -3.51. The maximum atomic E-state index is 11.3. The van der Waals surface area contributed by atoms with Crippen LogP contribution in [0.3, 0.4) is 0 Å². The number of carbonyl (C=O) groups excluding carboxylic acids is 1. The van der Waals surface area contributed by atoms with Crippen LogP contribution in [-0.4, -0.2) is 50.1 Å². The lowest BCUT2D eigenvalue weighted by molar-refractivity contribution is -0.122. The van der Waals surface area contributed by atoms with E-state index >= 15 is 0 Å². The third-order valence-electron chi connectivity index (χ3n) is 1.43. The van der Waals surface area contributed by atoms with Gasteiger partial charge in [-0.05, 0) is 0 Å². The van der Waals surface area contributed by atoms with E-state index in [9.17, 15) is 18.0 Å². The van der Waals surface area contributed by atoms with Crippen LogP contribution in [0.15, 0.2) is 0 Å². The Balaban J connectivity index is 4.61. The number of amides is 2. The van der Waals surface area contributed by atoms with E-state index in [0.29, 0.717) is 0 Å². The van der Waals surface area contributed by atoms with Gasteiger partial charge in [-0.15, -0.1) is 0 Å². The Hall–Kier alpha value is -1.82. The molecule has 9 heteroatoms. The number of hydrogen-bond donors (Lipinski definition) is 3. The molecule has 3 N–H and O–H groups in total. The molecule has 0 radical (unpaired) electrons. The van der Waals surface area contributed by atoms with Gasteiger partial charge < -0.3 is 15.7 Å². The van der Waals surface area contributed by atoms with Gasteiger partial charge in [0.2, 0.25) is 5.91 Å². The molecule has 0 aromatic rings. The summed E-state index contributed by atoms with van der Waals surface area (Å²) in [6.07, 6.45) is -0.637. The van der Waals surface area contributed by atoms with Crippen molar-refractivity contribution in [3.05, 3.63) is 0 Å². The molecule has 16 heavy (non-hydrogen) atoms. The van der Waals surface area contributed by atoms with Gasteiger partial charge in [0.05, 0.1) is 11.8 Å². The monoisotopic (exact) mass is 249 g/mol. The number of rotatable bonds is 5. The molecule has 0 aromatic carbocycles. The second-order valence-corrected chi connectivity index (χ2v) is 5.16. The third-order valence-corrected chi connectivity index (χ3v) is 2.36. The Morgan fingerprint density at radius 3 is 2.44 bits per heavy atom.